The third kappa shape index (κ3) is 3.92. The highest BCUT2D eigenvalue weighted by molar-refractivity contribution is 5.75. The summed E-state index contributed by atoms with van der Waals surface area (Å²) in [7, 11) is 0. The van der Waals surface area contributed by atoms with Gasteiger partial charge in [-0.1, -0.05) is 24.3 Å². The molecule has 132 valence electrons. The minimum atomic E-state index is -4.76. The molecular formula is C17H15F3N2O3. The molecular weight excluding hydrogens is 337 g/mol. The lowest BCUT2D eigenvalue weighted by Gasteiger charge is -2.15. The molecule has 3 rings (SSSR count). The van der Waals surface area contributed by atoms with Crippen molar-refractivity contribution >= 4 is 11.0 Å². The molecule has 1 heterocycles. The zero-order valence-corrected chi connectivity index (χ0v) is 12.9. The van der Waals surface area contributed by atoms with Crippen LogP contribution in [-0.4, -0.2) is 26.1 Å². The number of imidazole rings is 1. The van der Waals surface area contributed by atoms with Crippen LogP contribution in [0.3, 0.4) is 0 Å². The van der Waals surface area contributed by atoms with Crippen LogP contribution in [0.2, 0.25) is 0 Å². The Bertz CT molecular complexity index is 860. The van der Waals surface area contributed by atoms with E-state index in [0.29, 0.717) is 16.9 Å². The molecule has 2 aromatic carbocycles. The van der Waals surface area contributed by atoms with E-state index in [1.54, 1.807) is 10.6 Å². The van der Waals surface area contributed by atoms with Crippen molar-refractivity contribution in [3.8, 4) is 5.75 Å². The Balaban J connectivity index is 1.82. The van der Waals surface area contributed by atoms with Gasteiger partial charge >= 0.3 is 6.36 Å². The number of rotatable bonds is 5. The van der Waals surface area contributed by atoms with E-state index >= 15 is 0 Å². The highest BCUT2D eigenvalue weighted by atomic mass is 19.4. The van der Waals surface area contributed by atoms with Crippen molar-refractivity contribution in [3.63, 3.8) is 0 Å². The average Bonchev–Trinajstić information content (AvgIpc) is 2.92. The van der Waals surface area contributed by atoms with Gasteiger partial charge in [0.25, 0.3) is 0 Å². The number of alkyl halides is 3. The number of aliphatic hydroxyl groups excluding tert-OH is 2. The average molecular weight is 352 g/mol. The minimum absolute atomic E-state index is 0.107. The second-order valence-corrected chi connectivity index (χ2v) is 5.42. The molecule has 1 atom stereocenters. The monoisotopic (exact) mass is 352 g/mol. The fourth-order valence-corrected chi connectivity index (χ4v) is 2.62. The summed E-state index contributed by atoms with van der Waals surface area (Å²) >= 11 is 0. The lowest BCUT2D eigenvalue weighted by Crippen LogP contribution is -2.17. The number of halogens is 3. The summed E-state index contributed by atoms with van der Waals surface area (Å²) < 4.78 is 42.0. The first-order valence-corrected chi connectivity index (χ1v) is 7.46. The van der Waals surface area contributed by atoms with Gasteiger partial charge < -0.3 is 19.5 Å². The maximum absolute atomic E-state index is 12.2. The van der Waals surface area contributed by atoms with Gasteiger partial charge in [-0.25, -0.2) is 4.98 Å². The zero-order valence-electron chi connectivity index (χ0n) is 12.9. The molecule has 0 amide bonds. The maximum Gasteiger partial charge on any atom is 0.573 e. The van der Waals surface area contributed by atoms with Crippen molar-refractivity contribution < 1.29 is 28.1 Å². The van der Waals surface area contributed by atoms with Crippen LogP contribution in [0, 0.1) is 0 Å². The van der Waals surface area contributed by atoms with Gasteiger partial charge in [0, 0.05) is 0 Å². The Kier molecular flexibility index (Phi) is 4.65. The summed E-state index contributed by atoms with van der Waals surface area (Å²) in [6.45, 7) is -0.185. The van der Waals surface area contributed by atoms with E-state index in [-0.39, 0.29) is 18.9 Å². The SMILES string of the molecule is OCc1nc2ccccc2n1C[C@@H](O)c1ccc(OC(F)(F)F)cc1. The molecule has 0 unspecified atom stereocenters. The van der Waals surface area contributed by atoms with Gasteiger partial charge in [-0.15, -0.1) is 13.2 Å². The van der Waals surface area contributed by atoms with E-state index < -0.39 is 12.5 Å². The van der Waals surface area contributed by atoms with Gasteiger partial charge in [0.2, 0.25) is 0 Å². The van der Waals surface area contributed by atoms with Crippen molar-refractivity contribution in [1.82, 2.24) is 9.55 Å². The van der Waals surface area contributed by atoms with Crippen LogP contribution in [0.4, 0.5) is 13.2 Å². The summed E-state index contributed by atoms with van der Waals surface area (Å²) in [5.74, 6) is 0.0462. The molecule has 0 fully saturated rings. The van der Waals surface area contributed by atoms with Crippen molar-refractivity contribution in [2.24, 2.45) is 0 Å². The molecule has 5 nitrogen and oxygen atoms in total. The molecule has 0 radical (unpaired) electrons. The molecule has 0 aliphatic carbocycles. The van der Waals surface area contributed by atoms with Crippen LogP contribution in [0.5, 0.6) is 5.75 Å². The number of hydrogen-bond donors (Lipinski definition) is 2. The first-order valence-electron chi connectivity index (χ1n) is 7.46. The van der Waals surface area contributed by atoms with E-state index in [1.807, 2.05) is 18.2 Å². The Labute approximate surface area is 140 Å². The third-order valence-corrected chi connectivity index (χ3v) is 3.73. The highest BCUT2D eigenvalue weighted by Gasteiger charge is 2.31. The Morgan fingerprint density at radius 2 is 1.76 bits per heavy atom. The molecule has 0 saturated heterocycles. The molecule has 8 heteroatoms. The number of fused-ring (bicyclic) bond motifs is 1. The predicted molar refractivity (Wildman–Crippen MR) is 83.7 cm³/mol. The summed E-state index contributed by atoms with van der Waals surface area (Å²) in [5.41, 5.74) is 1.87. The number of para-hydroxylation sites is 2. The van der Waals surface area contributed by atoms with Gasteiger partial charge in [-0.05, 0) is 29.8 Å². The van der Waals surface area contributed by atoms with Crippen molar-refractivity contribution in [1.29, 1.82) is 0 Å². The zero-order chi connectivity index (χ0) is 18.0. The number of benzene rings is 2. The Hall–Kier alpha value is -2.58. The van der Waals surface area contributed by atoms with Crippen LogP contribution in [-0.2, 0) is 13.2 Å². The van der Waals surface area contributed by atoms with Crippen LogP contribution in [0.15, 0.2) is 48.5 Å². The van der Waals surface area contributed by atoms with Crippen molar-refractivity contribution in [3.05, 3.63) is 59.9 Å². The van der Waals surface area contributed by atoms with Gasteiger partial charge in [0.15, 0.2) is 0 Å². The smallest absolute Gasteiger partial charge is 0.406 e. The first kappa shape index (κ1) is 17.2. The van der Waals surface area contributed by atoms with Crippen LogP contribution < -0.4 is 4.74 Å². The Morgan fingerprint density at radius 3 is 2.40 bits per heavy atom. The molecule has 3 aromatic rings. The lowest BCUT2D eigenvalue weighted by atomic mass is 10.1. The first-order chi connectivity index (χ1) is 11.9. The second kappa shape index (κ2) is 6.73. The summed E-state index contributed by atoms with van der Waals surface area (Å²) in [6, 6.07) is 12.3. The number of nitrogens with zero attached hydrogens (tertiary/aromatic N) is 2. The summed E-state index contributed by atoms with van der Waals surface area (Å²) in [4.78, 5) is 4.29. The quantitative estimate of drug-likeness (QED) is 0.740. The number of hydrogen-bond acceptors (Lipinski definition) is 4. The molecule has 1 aromatic heterocycles. The standard InChI is InChI=1S/C17H15F3N2O3/c18-17(19,20)25-12-7-5-11(6-8-12)15(24)9-22-14-4-2-1-3-13(14)21-16(22)10-23/h1-8,15,23-24H,9-10H2/t15-/m1/s1. The predicted octanol–water partition coefficient (Wildman–Crippen LogP) is 3.16. The van der Waals surface area contributed by atoms with E-state index in [9.17, 15) is 23.4 Å². The van der Waals surface area contributed by atoms with Gasteiger partial charge in [0.1, 0.15) is 18.2 Å². The summed E-state index contributed by atoms with van der Waals surface area (Å²) in [5, 5.41) is 19.9. The van der Waals surface area contributed by atoms with Crippen LogP contribution >= 0.6 is 0 Å². The number of aromatic nitrogens is 2. The van der Waals surface area contributed by atoms with E-state index in [2.05, 4.69) is 9.72 Å². The molecule has 0 aliphatic heterocycles. The topological polar surface area (TPSA) is 67.5 Å². The fraction of sp³-hybridized carbons (Fsp3) is 0.235. The largest absolute Gasteiger partial charge is 0.573 e. The molecule has 2 N–H and O–H groups in total. The molecule has 0 aliphatic rings. The third-order valence-electron chi connectivity index (χ3n) is 3.73. The Morgan fingerprint density at radius 1 is 1.08 bits per heavy atom. The molecule has 0 spiro atoms. The second-order valence-electron chi connectivity index (χ2n) is 5.42. The number of aliphatic hydroxyl groups is 2. The molecule has 0 bridgehead atoms. The van der Waals surface area contributed by atoms with Crippen LogP contribution in [0.1, 0.15) is 17.5 Å². The van der Waals surface area contributed by atoms with Gasteiger partial charge in [0.05, 0.1) is 23.7 Å². The summed E-state index contributed by atoms with van der Waals surface area (Å²) in [6.07, 6.45) is -5.74. The molecule has 0 saturated carbocycles. The van der Waals surface area contributed by atoms with Crippen molar-refractivity contribution in [2.75, 3.05) is 0 Å². The maximum atomic E-state index is 12.2. The highest BCUT2D eigenvalue weighted by Crippen LogP contribution is 2.26. The van der Waals surface area contributed by atoms with E-state index in [4.69, 9.17) is 0 Å². The van der Waals surface area contributed by atoms with Crippen molar-refractivity contribution in [2.45, 2.75) is 25.6 Å². The van der Waals surface area contributed by atoms with Crippen LogP contribution in [0.25, 0.3) is 11.0 Å². The van der Waals surface area contributed by atoms with E-state index in [0.717, 1.165) is 17.6 Å². The van der Waals surface area contributed by atoms with Gasteiger partial charge in [-0.3, -0.25) is 0 Å². The van der Waals surface area contributed by atoms with Gasteiger partial charge in [-0.2, -0.15) is 0 Å². The molecule has 25 heavy (non-hydrogen) atoms. The normalized spacial score (nSPS) is 13.2. The lowest BCUT2D eigenvalue weighted by molar-refractivity contribution is -0.274. The fourth-order valence-electron chi connectivity index (χ4n) is 2.62. The number of ether oxygens (including phenoxy) is 1. The minimum Gasteiger partial charge on any atom is -0.406 e. The van der Waals surface area contributed by atoms with E-state index in [1.165, 1.54) is 12.1 Å².